The third kappa shape index (κ3) is 8.66. The van der Waals surface area contributed by atoms with Crippen molar-refractivity contribution in [1.29, 1.82) is 0 Å². The summed E-state index contributed by atoms with van der Waals surface area (Å²) in [5, 5.41) is 19.5. The molecule has 2 atom stereocenters. The second-order valence-corrected chi connectivity index (χ2v) is 12.0. The van der Waals surface area contributed by atoms with Crippen molar-refractivity contribution in [1.82, 2.24) is 15.1 Å². The van der Waals surface area contributed by atoms with E-state index in [1.807, 2.05) is 64.1 Å². The van der Waals surface area contributed by atoms with Gasteiger partial charge in [0.2, 0.25) is 5.91 Å². The molecule has 3 aromatic rings. The van der Waals surface area contributed by atoms with Gasteiger partial charge >= 0.3 is 5.97 Å². The smallest absolute Gasteiger partial charge is 0.356 e. The van der Waals surface area contributed by atoms with E-state index >= 15 is 0 Å². The standard InChI is InChI=1S/C32H40N4O6/c1-21-14-15-28(42-20-32(2,3)4)24(16-21)34-30(38)26-17-25(31(39)40)35-36(26)18-29(37)33-23-12-8-9-13-27(23)41-19-22-10-6-5-7-11-22/h5-7,10-11,14-17,23,27H,8-9,12-13,18-20H2,1-4H3,(H,33,37)(H,34,38)(H,39,40)/t23-,27-/m0/s1. The van der Waals surface area contributed by atoms with Crippen molar-refractivity contribution in [3.63, 3.8) is 0 Å². The van der Waals surface area contributed by atoms with Gasteiger partial charge in [-0.1, -0.05) is 70.0 Å². The highest BCUT2D eigenvalue weighted by molar-refractivity contribution is 6.05. The van der Waals surface area contributed by atoms with Crippen molar-refractivity contribution < 1.29 is 29.0 Å². The number of aromatic nitrogens is 2. The lowest BCUT2D eigenvalue weighted by molar-refractivity contribution is -0.124. The molecule has 1 aliphatic carbocycles. The molecule has 1 aliphatic rings. The van der Waals surface area contributed by atoms with Gasteiger partial charge in [-0.2, -0.15) is 5.10 Å². The Morgan fingerprint density at radius 3 is 2.50 bits per heavy atom. The Bertz CT molecular complexity index is 1400. The first kappa shape index (κ1) is 30.8. The minimum atomic E-state index is -1.30. The number of carboxylic acid groups (broad SMARTS) is 1. The Hall–Kier alpha value is -4.18. The maximum absolute atomic E-state index is 13.4. The van der Waals surface area contributed by atoms with E-state index in [1.165, 1.54) is 6.07 Å². The van der Waals surface area contributed by atoms with Gasteiger partial charge in [0.05, 0.1) is 31.0 Å². The van der Waals surface area contributed by atoms with Gasteiger partial charge in [-0.05, 0) is 48.4 Å². The predicted octanol–water partition coefficient (Wildman–Crippen LogP) is 5.21. The molecule has 1 fully saturated rings. The van der Waals surface area contributed by atoms with E-state index in [9.17, 15) is 19.5 Å². The molecule has 1 saturated carbocycles. The van der Waals surface area contributed by atoms with Gasteiger partial charge in [-0.3, -0.25) is 9.59 Å². The molecule has 0 saturated heterocycles. The van der Waals surface area contributed by atoms with Crippen molar-refractivity contribution in [3.8, 4) is 5.75 Å². The lowest BCUT2D eigenvalue weighted by Gasteiger charge is -2.32. The quantitative estimate of drug-likeness (QED) is 0.285. The first-order valence-electron chi connectivity index (χ1n) is 14.3. The SMILES string of the molecule is Cc1ccc(OCC(C)(C)C)c(NC(=O)c2cc(C(=O)O)nn2CC(=O)N[C@H]2CCCC[C@@H]2OCc2ccccc2)c1. The zero-order chi connectivity index (χ0) is 30.3. The fourth-order valence-corrected chi connectivity index (χ4v) is 4.80. The lowest BCUT2D eigenvalue weighted by Crippen LogP contribution is -2.47. The van der Waals surface area contributed by atoms with Crippen LogP contribution in [0.5, 0.6) is 5.75 Å². The topological polar surface area (TPSA) is 132 Å². The van der Waals surface area contributed by atoms with Crippen LogP contribution in [0.4, 0.5) is 5.69 Å². The Morgan fingerprint density at radius 1 is 1.05 bits per heavy atom. The van der Waals surface area contributed by atoms with E-state index in [1.54, 1.807) is 12.1 Å². The molecule has 0 aliphatic heterocycles. The molecule has 3 N–H and O–H groups in total. The second-order valence-electron chi connectivity index (χ2n) is 12.0. The number of nitrogens with one attached hydrogen (secondary N) is 2. The van der Waals surface area contributed by atoms with Gasteiger partial charge < -0.3 is 25.2 Å². The summed E-state index contributed by atoms with van der Waals surface area (Å²) in [7, 11) is 0. The molecule has 224 valence electrons. The number of carbonyl (C=O) groups is 3. The largest absolute Gasteiger partial charge is 0.491 e. The fourth-order valence-electron chi connectivity index (χ4n) is 4.80. The van der Waals surface area contributed by atoms with Gasteiger partial charge in [0.1, 0.15) is 18.0 Å². The molecule has 0 unspecified atom stereocenters. The van der Waals surface area contributed by atoms with Crippen molar-refractivity contribution in [2.45, 2.75) is 78.7 Å². The second kappa shape index (κ2) is 13.7. The summed E-state index contributed by atoms with van der Waals surface area (Å²) in [4.78, 5) is 38.3. The molecule has 1 heterocycles. The number of anilines is 1. The number of ether oxygens (including phenoxy) is 2. The van der Waals surface area contributed by atoms with Gasteiger partial charge in [-0.15, -0.1) is 0 Å². The molecule has 0 spiro atoms. The number of hydrogen-bond acceptors (Lipinski definition) is 6. The maximum Gasteiger partial charge on any atom is 0.356 e. The van der Waals surface area contributed by atoms with Crippen LogP contribution in [0.2, 0.25) is 0 Å². The van der Waals surface area contributed by atoms with Crippen LogP contribution in [-0.4, -0.2) is 51.4 Å². The monoisotopic (exact) mass is 576 g/mol. The average molecular weight is 577 g/mol. The van der Waals surface area contributed by atoms with E-state index in [4.69, 9.17) is 9.47 Å². The molecule has 10 nitrogen and oxygen atoms in total. The van der Waals surface area contributed by atoms with Crippen LogP contribution in [0, 0.1) is 12.3 Å². The molecular weight excluding hydrogens is 536 g/mol. The number of amides is 2. The van der Waals surface area contributed by atoms with Gasteiger partial charge in [0, 0.05) is 6.07 Å². The van der Waals surface area contributed by atoms with Crippen molar-refractivity contribution in [3.05, 3.63) is 77.1 Å². The molecule has 42 heavy (non-hydrogen) atoms. The van der Waals surface area contributed by atoms with Crippen molar-refractivity contribution >= 4 is 23.5 Å². The van der Waals surface area contributed by atoms with Crippen LogP contribution in [0.1, 0.15) is 78.6 Å². The van der Waals surface area contributed by atoms with Crippen LogP contribution in [0.3, 0.4) is 0 Å². The Kier molecular flexibility index (Phi) is 10.0. The summed E-state index contributed by atoms with van der Waals surface area (Å²) in [6, 6.07) is 16.3. The molecule has 10 heteroatoms. The number of rotatable bonds is 11. The molecule has 0 bridgehead atoms. The summed E-state index contributed by atoms with van der Waals surface area (Å²) in [5.74, 6) is -1.79. The van der Waals surface area contributed by atoms with Crippen LogP contribution in [0.25, 0.3) is 0 Å². The molecule has 2 aromatic carbocycles. The van der Waals surface area contributed by atoms with E-state index < -0.39 is 11.9 Å². The Morgan fingerprint density at radius 2 is 1.79 bits per heavy atom. The molecule has 4 rings (SSSR count). The first-order chi connectivity index (χ1) is 20.0. The number of carboxylic acids is 1. The zero-order valence-corrected chi connectivity index (χ0v) is 24.7. The molecular formula is C32H40N4O6. The first-order valence-corrected chi connectivity index (χ1v) is 14.3. The maximum atomic E-state index is 13.4. The number of carbonyl (C=O) groups excluding carboxylic acids is 2. The van der Waals surface area contributed by atoms with E-state index in [0.29, 0.717) is 24.7 Å². The summed E-state index contributed by atoms with van der Waals surface area (Å²) in [6.45, 7) is 8.58. The van der Waals surface area contributed by atoms with Crippen LogP contribution in [-0.2, 0) is 22.7 Å². The Balaban J connectivity index is 1.47. The highest BCUT2D eigenvalue weighted by Crippen LogP contribution is 2.28. The number of benzene rings is 2. The zero-order valence-electron chi connectivity index (χ0n) is 24.7. The fraction of sp³-hybridized carbons (Fsp3) is 0.438. The number of aryl methyl sites for hydroxylation is 1. The normalized spacial score (nSPS) is 17.0. The summed E-state index contributed by atoms with van der Waals surface area (Å²) in [5.41, 5.74) is 1.93. The highest BCUT2D eigenvalue weighted by Gasteiger charge is 2.28. The summed E-state index contributed by atoms with van der Waals surface area (Å²) >= 11 is 0. The number of hydrogen-bond donors (Lipinski definition) is 3. The highest BCUT2D eigenvalue weighted by atomic mass is 16.5. The lowest BCUT2D eigenvalue weighted by atomic mass is 9.92. The van der Waals surface area contributed by atoms with Crippen LogP contribution < -0.4 is 15.4 Å². The van der Waals surface area contributed by atoms with Crippen molar-refractivity contribution in [2.24, 2.45) is 5.41 Å². The minimum Gasteiger partial charge on any atom is -0.491 e. The molecule has 2 amide bonds. The van der Waals surface area contributed by atoms with E-state index in [-0.39, 0.29) is 41.4 Å². The third-order valence-electron chi connectivity index (χ3n) is 6.92. The summed E-state index contributed by atoms with van der Waals surface area (Å²) < 4.78 is 13.3. The molecule has 1 aromatic heterocycles. The van der Waals surface area contributed by atoms with Gasteiger partial charge in [0.15, 0.2) is 5.69 Å². The third-order valence-corrected chi connectivity index (χ3v) is 6.92. The number of nitrogens with zero attached hydrogens (tertiary/aromatic N) is 2. The molecule has 0 radical (unpaired) electrons. The van der Waals surface area contributed by atoms with Gasteiger partial charge in [0.25, 0.3) is 5.91 Å². The summed E-state index contributed by atoms with van der Waals surface area (Å²) in [6.07, 6.45) is 3.42. The number of aromatic carboxylic acids is 1. The minimum absolute atomic E-state index is 0.0497. The average Bonchev–Trinajstić information content (AvgIpc) is 3.36. The van der Waals surface area contributed by atoms with E-state index in [2.05, 4.69) is 15.7 Å². The van der Waals surface area contributed by atoms with E-state index in [0.717, 1.165) is 41.5 Å². The Labute approximate surface area is 246 Å². The predicted molar refractivity (Wildman–Crippen MR) is 159 cm³/mol. The van der Waals surface area contributed by atoms with Crippen LogP contribution in [0.15, 0.2) is 54.6 Å². The van der Waals surface area contributed by atoms with Crippen molar-refractivity contribution in [2.75, 3.05) is 11.9 Å². The van der Waals surface area contributed by atoms with Crippen LogP contribution >= 0.6 is 0 Å². The van der Waals surface area contributed by atoms with Gasteiger partial charge in [-0.25, -0.2) is 9.48 Å².